The van der Waals surface area contributed by atoms with E-state index in [9.17, 15) is 17.6 Å². The number of pyridine rings is 1. The normalized spacial score (nSPS) is 19.9. The SMILES string of the molecule is CC1Cc2cnc(OCc3cc(-c4ccc(N5CC6(CNC6)C5)cc4F)c(C(F)(F)F)cc3F)cc2C1. The second kappa shape index (κ2) is 8.68. The number of aromatic nitrogens is 1. The molecular weight excluding hydrogens is 489 g/mol. The maximum atomic E-state index is 15.2. The molecule has 1 spiro atoms. The van der Waals surface area contributed by atoms with Crippen molar-refractivity contribution in [3.63, 3.8) is 0 Å². The van der Waals surface area contributed by atoms with E-state index in [1.54, 1.807) is 18.3 Å². The van der Waals surface area contributed by atoms with E-state index >= 15 is 4.39 Å². The number of fused-ring (bicyclic) bond motifs is 1. The van der Waals surface area contributed by atoms with Gasteiger partial charge in [-0.3, -0.25) is 0 Å². The lowest BCUT2D eigenvalue weighted by Gasteiger charge is -2.57. The lowest BCUT2D eigenvalue weighted by molar-refractivity contribution is -0.137. The highest BCUT2D eigenvalue weighted by molar-refractivity contribution is 5.72. The van der Waals surface area contributed by atoms with Crippen molar-refractivity contribution in [1.29, 1.82) is 0 Å². The topological polar surface area (TPSA) is 37.4 Å². The highest BCUT2D eigenvalue weighted by Crippen LogP contribution is 2.42. The van der Waals surface area contributed by atoms with Gasteiger partial charge in [0.2, 0.25) is 5.88 Å². The number of nitrogens with one attached hydrogen (secondary N) is 1. The number of benzene rings is 2. The van der Waals surface area contributed by atoms with Crippen LogP contribution in [-0.2, 0) is 25.6 Å². The Kier molecular flexibility index (Phi) is 5.67. The largest absolute Gasteiger partial charge is 0.473 e. The number of nitrogens with zero attached hydrogens (tertiary/aromatic N) is 2. The first kappa shape index (κ1) is 24.2. The Hall–Kier alpha value is -3.20. The maximum Gasteiger partial charge on any atom is 0.417 e. The Morgan fingerprint density at radius 2 is 1.76 bits per heavy atom. The van der Waals surface area contributed by atoms with Crippen LogP contribution in [0.3, 0.4) is 0 Å². The van der Waals surface area contributed by atoms with Crippen LogP contribution in [0.15, 0.2) is 42.6 Å². The smallest absolute Gasteiger partial charge is 0.417 e. The Balaban J connectivity index is 1.28. The molecule has 3 heterocycles. The molecule has 2 aromatic carbocycles. The van der Waals surface area contributed by atoms with Gasteiger partial charge < -0.3 is 15.0 Å². The first-order valence-electron chi connectivity index (χ1n) is 12.4. The molecule has 0 amide bonds. The lowest BCUT2D eigenvalue weighted by Crippen LogP contribution is -2.71. The van der Waals surface area contributed by atoms with Crippen molar-refractivity contribution in [1.82, 2.24) is 10.3 Å². The zero-order valence-electron chi connectivity index (χ0n) is 20.3. The molecule has 3 aliphatic rings. The average molecular weight is 516 g/mol. The number of rotatable bonds is 5. The van der Waals surface area contributed by atoms with Gasteiger partial charge in [0.05, 0.1) is 5.56 Å². The molecule has 1 atom stereocenters. The molecule has 6 rings (SSSR count). The second-order valence-electron chi connectivity index (χ2n) is 10.7. The van der Waals surface area contributed by atoms with Gasteiger partial charge in [-0.05, 0) is 65.8 Å². The third-order valence-electron chi connectivity index (χ3n) is 7.72. The highest BCUT2D eigenvalue weighted by Gasteiger charge is 2.47. The molecule has 2 aliphatic heterocycles. The van der Waals surface area contributed by atoms with Crippen LogP contribution in [0.2, 0.25) is 0 Å². The fraction of sp³-hybridized carbons (Fsp3) is 0.393. The van der Waals surface area contributed by atoms with Crippen molar-refractivity contribution >= 4 is 5.69 Å². The molecule has 2 fully saturated rings. The molecule has 37 heavy (non-hydrogen) atoms. The van der Waals surface area contributed by atoms with Crippen LogP contribution in [0.4, 0.5) is 27.6 Å². The number of anilines is 1. The molecule has 3 aromatic rings. The molecule has 2 saturated heterocycles. The maximum absolute atomic E-state index is 15.2. The second-order valence-corrected chi connectivity index (χ2v) is 10.7. The number of hydrogen-bond acceptors (Lipinski definition) is 4. The van der Waals surface area contributed by atoms with Gasteiger partial charge in [0.15, 0.2) is 0 Å². The highest BCUT2D eigenvalue weighted by atomic mass is 19.4. The fourth-order valence-electron chi connectivity index (χ4n) is 5.68. The van der Waals surface area contributed by atoms with Crippen LogP contribution in [0.25, 0.3) is 11.1 Å². The van der Waals surface area contributed by atoms with Gasteiger partial charge in [-0.2, -0.15) is 13.2 Å². The summed E-state index contributed by atoms with van der Waals surface area (Å²) in [5.41, 5.74) is 1.09. The van der Waals surface area contributed by atoms with E-state index in [2.05, 4.69) is 17.2 Å². The van der Waals surface area contributed by atoms with E-state index in [0.717, 1.165) is 56.2 Å². The molecular formula is C28H26F5N3O. The molecule has 0 radical (unpaired) electrons. The Morgan fingerprint density at radius 3 is 2.43 bits per heavy atom. The summed E-state index contributed by atoms with van der Waals surface area (Å²) >= 11 is 0. The summed E-state index contributed by atoms with van der Waals surface area (Å²) in [5.74, 6) is -1.08. The van der Waals surface area contributed by atoms with E-state index in [-0.39, 0.29) is 29.0 Å². The summed E-state index contributed by atoms with van der Waals surface area (Å²) < 4.78 is 77.2. The first-order chi connectivity index (χ1) is 17.6. The third kappa shape index (κ3) is 4.43. The van der Waals surface area contributed by atoms with Gasteiger partial charge in [0, 0.05) is 60.7 Å². The van der Waals surface area contributed by atoms with Gasteiger partial charge in [-0.1, -0.05) is 6.92 Å². The summed E-state index contributed by atoms with van der Waals surface area (Å²) in [5, 5.41) is 3.23. The minimum absolute atomic E-state index is 0.107. The molecule has 1 aliphatic carbocycles. The van der Waals surface area contributed by atoms with Gasteiger partial charge in [0.1, 0.15) is 18.2 Å². The van der Waals surface area contributed by atoms with Crippen molar-refractivity contribution in [3.8, 4) is 17.0 Å². The predicted molar refractivity (Wildman–Crippen MR) is 129 cm³/mol. The lowest BCUT2D eigenvalue weighted by atomic mass is 9.74. The fourth-order valence-corrected chi connectivity index (χ4v) is 5.68. The van der Waals surface area contributed by atoms with Crippen molar-refractivity contribution in [2.75, 3.05) is 31.1 Å². The van der Waals surface area contributed by atoms with Crippen LogP contribution in [0.1, 0.15) is 29.2 Å². The van der Waals surface area contributed by atoms with Gasteiger partial charge in [0.25, 0.3) is 0 Å². The Bertz CT molecular complexity index is 1360. The summed E-state index contributed by atoms with van der Waals surface area (Å²) in [6, 6.07) is 7.45. The molecule has 0 saturated carbocycles. The van der Waals surface area contributed by atoms with Crippen molar-refractivity contribution in [3.05, 3.63) is 76.5 Å². The molecule has 4 nitrogen and oxygen atoms in total. The zero-order chi connectivity index (χ0) is 25.9. The van der Waals surface area contributed by atoms with Crippen LogP contribution in [0, 0.1) is 23.0 Å². The predicted octanol–water partition coefficient (Wildman–Crippen LogP) is 5.77. The summed E-state index contributed by atoms with van der Waals surface area (Å²) in [6.07, 6.45) is -1.32. The number of hydrogen-bond donors (Lipinski definition) is 1. The monoisotopic (exact) mass is 515 g/mol. The van der Waals surface area contributed by atoms with Crippen LogP contribution >= 0.6 is 0 Å². The Morgan fingerprint density at radius 1 is 1.00 bits per heavy atom. The van der Waals surface area contributed by atoms with Gasteiger partial charge in [-0.25, -0.2) is 13.8 Å². The van der Waals surface area contributed by atoms with E-state index in [4.69, 9.17) is 4.74 Å². The quantitative estimate of drug-likeness (QED) is 0.438. The van der Waals surface area contributed by atoms with E-state index in [0.29, 0.717) is 17.7 Å². The van der Waals surface area contributed by atoms with Gasteiger partial charge >= 0.3 is 6.18 Å². The van der Waals surface area contributed by atoms with Crippen LogP contribution in [-0.4, -0.2) is 31.2 Å². The molecule has 194 valence electrons. The zero-order valence-corrected chi connectivity index (χ0v) is 20.3. The van der Waals surface area contributed by atoms with E-state index in [1.165, 1.54) is 12.1 Å². The molecule has 1 unspecified atom stereocenters. The van der Waals surface area contributed by atoms with Crippen LogP contribution in [0.5, 0.6) is 5.88 Å². The van der Waals surface area contributed by atoms with Crippen LogP contribution < -0.4 is 15.0 Å². The number of alkyl halides is 3. The third-order valence-corrected chi connectivity index (χ3v) is 7.72. The van der Waals surface area contributed by atoms with Gasteiger partial charge in [-0.15, -0.1) is 0 Å². The number of halogens is 5. The first-order valence-corrected chi connectivity index (χ1v) is 12.4. The summed E-state index contributed by atoms with van der Waals surface area (Å²) in [6.45, 7) is 5.19. The van der Waals surface area contributed by atoms with E-state index < -0.39 is 28.9 Å². The summed E-state index contributed by atoms with van der Waals surface area (Å²) in [7, 11) is 0. The molecule has 9 heteroatoms. The Labute approximate surface area is 211 Å². The standard InChI is InChI=1S/C28H26F5N3O/c1-16-4-17-7-26(35-10-18(17)5-16)37-11-19-6-22(23(9-24(19)29)28(31,32)33)21-3-2-20(8-25(21)30)36-14-27(15-36)12-34-13-27/h2-3,6-10,16,34H,4-5,11-15H2,1H3. The van der Waals surface area contributed by atoms with E-state index in [1.807, 2.05) is 4.90 Å². The van der Waals surface area contributed by atoms with Crippen molar-refractivity contribution in [2.45, 2.75) is 32.5 Å². The minimum atomic E-state index is -4.86. The number of ether oxygens (including phenoxy) is 1. The minimum Gasteiger partial charge on any atom is -0.473 e. The summed E-state index contributed by atoms with van der Waals surface area (Å²) in [4.78, 5) is 6.25. The molecule has 0 bridgehead atoms. The average Bonchev–Trinajstić information content (AvgIpc) is 3.15. The molecule has 1 N–H and O–H groups in total. The molecule has 1 aromatic heterocycles. The van der Waals surface area contributed by atoms with Crippen molar-refractivity contribution < 1.29 is 26.7 Å². The van der Waals surface area contributed by atoms with Crippen molar-refractivity contribution in [2.24, 2.45) is 11.3 Å².